The minimum Gasteiger partial charge on any atom is -0.462 e. The number of esters is 2. The second-order valence-electron chi connectivity index (χ2n) is 18.3. The number of ether oxygens (including phenoxy) is 4. The van der Waals surface area contributed by atoms with Gasteiger partial charge in [-0.1, -0.05) is 206 Å². The van der Waals surface area contributed by atoms with Crippen LogP contribution >= 0.6 is 0 Å². The second kappa shape index (κ2) is 40.6. The zero-order chi connectivity index (χ0) is 46.2. The standard InChI is InChI=1S/C50H94O12S/c1-3-5-7-9-11-13-15-17-19-20-21-22-23-25-27-29-31-33-35-37-39-46(52)61-43(41-60-50-49(55)48(54)47(53)44(62-50)42-63(56,57)58)40-59-45(51)38-36-34-32-30-28-26-24-18-16-14-12-10-8-6-4-2/h4,43-44,47-50,53-55H,2-3,5-42H2,1H3,(H,56,57,58)/t43-,44-,47-,48?,49?,50+/m1/s1. The molecule has 0 aliphatic carbocycles. The molecule has 2 unspecified atom stereocenters. The number of rotatable bonds is 45. The zero-order valence-corrected chi connectivity index (χ0v) is 40.6. The number of hydrogen-bond acceptors (Lipinski definition) is 11. The second-order valence-corrected chi connectivity index (χ2v) is 19.8. The van der Waals surface area contributed by atoms with Crippen LogP contribution in [0.2, 0.25) is 0 Å². The predicted octanol–water partition coefficient (Wildman–Crippen LogP) is 11.4. The minimum atomic E-state index is -4.60. The van der Waals surface area contributed by atoms with E-state index in [1.165, 1.54) is 161 Å². The van der Waals surface area contributed by atoms with Crippen molar-refractivity contribution in [2.45, 2.75) is 275 Å². The van der Waals surface area contributed by atoms with E-state index in [4.69, 9.17) is 18.9 Å². The van der Waals surface area contributed by atoms with Gasteiger partial charge in [0.25, 0.3) is 10.1 Å². The van der Waals surface area contributed by atoms with Gasteiger partial charge in [-0.3, -0.25) is 14.1 Å². The molecule has 0 saturated carbocycles. The Morgan fingerprint density at radius 2 is 0.937 bits per heavy atom. The summed E-state index contributed by atoms with van der Waals surface area (Å²) < 4.78 is 54.2. The molecule has 1 fully saturated rings. The molecule has 0 amide bonds. The van der Waals surface area contributed by atoms with Crippen LogP contribution in [0.3, 0.4) is 0 Å². The molecule has 0 aromatic heterocycles. The minimum absolute atomic E-state index is 0.170. The summed E-state index contributed by atoms with van der Waals surface area (Å²) in [5.41, 5.74) is 0. The van der Waals surface area contributed by atoms with E-state index in [0.717, 1.165) is 44.9 Å². The zero-order valence-electron chi connectivity index (χ0n) is 39.8. The van der Waals surface area contributed by atoms with Gasteiger partial charge in [-0.25, -0.2) is 0 Å². The van der Waals surface area contributed by atoms with Crippen molar-refractivity contribution in [2.24, 2.45) is 0 Å². The smallest absolute Gasteiger partial charge is 0.306 e. The van der Waals surface area contributed by atoms with E-state index in [0.29, 0.717) is 12.8 Å². The van der Waals surface area contributed by atoms with Crippen molar-refractivity contribution in [3.8, 4) is 0 Å². The van der Waals surface area contributed by atoms with Crippen LogP contribution in [0.5, 0.6) is 0 Å². The predicted molar refractivity (Wildman–Crippen MR) is 252 cm³/mol. The van der Waals surface area contributed by atoms with Crippen LogP contribution in [0.25, 0.3) is 0 Å². The Morgan fingerprint density at radius 1 is 0.556 bits per heavy atom. The van der Waals surface area contributed by atoms with Crippen LogP contribution in [0.1, 0.15) is 238 Å². The van der Waals surface area contributed by atoms with Gasteiger partial charge in [0.05, 0.1) is 6.61 Å². The number of aliphatic hydroxyl groups is 3. The van der Waals surface area contributed by atoms with Gasteiger partial charge in [-0.15, -0.1) is 6.58 Å². The molecule has 1 heterocycles. The summed E-state index contributed by atoms with van der Waals surface area (Å²) >= 11 is 0. The van der Waals surface area contributed by atoms with Crippen LogP contribution in [-0.4, -0.2) is 96.0 Å². The molecule has 0 aromatic carbocycles. The Kier molecular flexibility index (Phi) is 38.3. The summed E-state index contributed by atoms with van der Waals surface area (Å²) in [6, 6.07) is 0. The summed E-state index contributed by atoms with van der Waals surface area (Å²) in [4.78, 5) is 25.5. The lowest BCUT2D eigenvalue weighted by Gasteiger charge is -2.40. The monoisotopic (exact) mass is 919 g/mol. The van der Waals surface area contributed by atoms with Gasteiger partial charge in [0.15, 0.2) is 12.4 Å². The summed E-state index contributed by atoms with van der Waals surface area (Å²) in [7, 11) is -4.60. The molecule has 372 valence electrons. The van der Waals surface area contributed by atoms with Crippen molar-refractivity contribution >= 4 is 22.1 Å². The molecular formula is C50H94O12S. The van der Waals surface area contributed by atoms with E-state index in [1.54, 1.807) is 0 Å². The third-order valence-electron chi connectivity index (χ3n) is 12.2. The molecule has 13 heteroatoms. The number of unbranched alkanes of at least 4 members (excludes halogenated alkanes) is 32. The Labute approximate surface area is 384 Å². The van der Waals surface area contributed by atoms with Crippen molar-refractivity contribution in [1.82, 2.24) is 0 Å². The molecule has 1 aliphatic rings. The van der Waals surface area contributed by atoms with Crippen LogP contribution in [0.4, 0.5) is 0 Å². The van der Waals surface area contributed by atoms with Crippen molar-refractivity contribution < 1.29 is 56.8 Å². The first-order valence-corrected chi connectivity index (χ1v) is 27.3. The molecule has 1 aliphatic heterocycles. The first-order valence-electron chi connectivity index (χ1n) is 25.7. The number of aliphatic hydroxyl groups excluding tert-OH is 3. The summed E-state index contributed by atoms with van der Waals surface area (Å²) in [5, 5.41) is 31.0. The third kappa shape index (κ3) is 35.3. The number of carbonyl (C=O) groups excluding carboxylic acids is 2. The summed E-state index contributed by atoms with van der Waals surface area (Å²) in [6.07, 6.45) is 34.3. The average molecular weight is 919 g/mol. The quantitative estimate of drug-likeness (QED) is 0.0196. The van der Waals surface area contributed by atoms with Gasteiger partial charge >= 0.3 is 11.9 Å². The molecule has 0 spiro atoms. The van der Waals surface area contributed by atoms with E-state index < -0.39 is 71.2 Å². The fourth-order valence-electron chi connectivity index (χ4n) is 8.25. The highest BCUT2D eigenvalue weighted by Crippen LogP contribution is 2.24. The van der Waals surface area contributed by atoms with Gasteiger partial charge in [0.1, 0.15) is 36.8 Å². The summed E-state index contributed by atoms with van der Waals surface area (Å²) in [6.45, 7) is 5.33. The lowest BCUT2D eigenvalue weighted by atomic mass is 10.00. The first-order chi connectivity index (χ1) is 30.5. The van der Waals surface area contributed by atoms with Crippen molar-refractivity contribution in [3.05, 3.63) is 12.7 Å². The normalized spacial score (nSPS) is 19.5. The molecular weight excluding hydrogens is 825 g/mol. The lowest BCUT2D eigenvalue weighted by Crippen LogP contribution is -2.60. The SMILES string of the molecule is C=CCCCCCCCCCCCCCCCC(=O)OC[C@H](CO[C@H]1O[C@H](CS(=O)(=O)O)[C@@H](O)C(O)C1O)OC(=O)CCCCCCCCCCCCCCCCCCCCCC. The molecule has 4 N–H and O–H groups in total. The molecule has 1 rings (SSSR count). The van der Waals surface area contributed by atoms with E-state index >= 15 is 0 Å². The maximum Gasteiger partial charge on any atom is 0.306 e. The lowest BCUT2D eigenvalue weighted by molar-refractivity contribution is -0.297. The summed E-state index contributed by atoms with van der Waals surface area (Å²) in [5.74, 6) is -1.97. The third-order valence-corrected chi connectivity index (χ3v) is 13.0. The Morgan fingerprint density at radius 3 is 1.33 bits per heavy atom. The molecule has 0 radical (unpaired) electrons. The van der Waals surface area contributed by atoms with E-state index in [9.17, 15) is 37.9 Å². The largest absolute Gasteiger partial charge is 0.462 e. The highest BCUT2D eigenvalue weighted by molar-refractivity contribution is 7.85. The Hall–Kier alpha value is -1.61. The highest BCUT2D eigenvalue weighted by Gasteiger charge is 2.46. The number of carbonyl (C=O) groups is 2. The van der Waals surface area contributed by atoms with Crippen molar-refractivity contribution in [2.75, 3.05) is 19.0 Å². The van der Waals surface area contributed by atoms with Gasteiger partial charge in [-0.05, 0) is 25.7 Å². The molecule has 1 saturated heterocycles. The topological polar surface area (TPSA) is 186 Å². The maximum atomic E-state index is 12.9. The molecule has 12 nitrogen and oxygen atoms in total. The van der Waals surface area contributed by atoms with Crippen LogP contribution in [-0.2, 0) is 38.7 Å². The van der Waals surface area contributed by atoms with Crippen LogP contribution in [0.15, 0.2) is 12.7 Å². The molecule has 63 heavy (non-hydrogen) atoms. The average Bonchev–Trinajstić information content (AvgIpc) is 3.25. The van der Waals surface area contributed by atoms with Gasteiger partial charge < -0.3 is 34.3 Å². The van der Waals surface area contributed by atoms with Gasteiger partial charge in [-0.2, -0.15) is 8.42 Å². The maximum absolute atomic E-state index is 12.9. The van der Waals surface area contributed by atoms with E-state index in [1.807, 2.05) is 6.08 Å². The Bertz CT molecular complexity index is 1200. The first kappa shape index (κ1) is 59.4. The molecule has 0 bridgehead atoms. The van der Waals surface area contributed by atoms with E-state index in [-0.39, 0.29) is 19.4 Å². The van der Waals surface area contributed by atoms with Crippen LogP contribution < -0.4 is 0 Å². The fraction of sp³-hybridized carbons (Fsp3) is 0.920. The van der Waals surface area contributed by atoms with Crippen molar-refractivity contribution in [1.29, 1.82) is 0 Å². The van der Waals surface area contributed by atoms with Gasteiger partial charge in [0.2, 0.25) is 0 Å². The van der Waals surface area contributed by atoms with Crippen molar-refractivity contribution in [3.63, 3.8) is 0 Å². The molecule has 6 atom stereocenters. The van der Waals surface area contributed by atoms with Gasteiger partial charge in [0, 0.05) is 12.8 Å². The Balaban J connectivity index is 2.35. The van der Waals surface area contributed by atoms with E-state index in [2.05, 4.69) is 13.5 Å². The number of hydrogen-bond donors (Lipinski definition) is 4. The van der Waals surface area contributed by atoms with Crippen LogP contribution in [0, 0.1) is 0 Å². The molecule has 0 aromatic rings. The fourth-order valence-corrected chi connectivity index (χ4v) is 8.94. The highest BCUT2D eigenvalue weighted by atomic mass is 32.2. The number of allylic oxidation sites excluding steroid dienone is 1.